The van der Waals surface area contributed by atoms with Crippen molar-refractivity contribution in [3.05, 3.63) is 30.1 Å². The van der Waals surface area contributed by atoms with Gasteiger partial charge >= 0.3 is 0 Å². The summed E-state index contributed by atoms with van der Waals surface area (Å²) < 4.78 is 18.3. The molecule has 0 spiro atoms. The third-order valence-electron chi connectivity index (χ3n) is 2.80. The molecule has 96 valence electrons. The van der Waals surface area contributed by atoms with Crippen molar-refractivity contribution in [1.82, 2.24) is 14.8 Å². The highest BCUT2D eigenvalue weighted by Crippen LogP contribution is 2.31. The fourth-order valence-corrected chi connectivity index (χ4v) is 1.85. The molecule has 3 rings (SSSR count). The molecule has 7 heteroatoms. The van der Waals surface area contributed by atoms with Crippen LogP contribution >= 0.6 is 0 Å². The molecule has 2 N–H and O–H groups in total. The first-order chi connectivity index (χ1) is 8.66. The van der Waals surface area contributed by atoms with Crippen LogP contribution in [-0.4, -0.2) is 28.0 Å². The summed E-state index contributed by atoms with van der Waals surface area (Å²) in [6.45, 7) is 3.36. The minimum Gasteiger partial charge on any atom is -0.438 e. The van der Waals surface area contributed by atoms with Gasteiger partial charge in [0, 0.05) is 6.20 Å². The summed E-state index contributed by atoms with van der Waals surface area (Å²) in [5.41, 5.74) is 5.54. The smallest absolute Gasteiger partial charge is 0.227 e. The Bertz CT molecular complexity index is 542. The topological polar surface area (TPSA) is 88.3 Å². The van der Waals surface area contributed by atoms with Gasteiger partial charge in [-0.15, -0.1) is 0 Å². The first-order valence-corrected chi connectivity index (χ1v) is 5.68. The second kappa shape index (κ2) is 4.11. The zero-order valence-corrected chi connectivity index (χ0v) is 10.00. The van der Waals surface area contributed by atoms with Crippen LogP contribution in [0.3, 0.4) is 0 Å². The highest BCUT2D eigenvalue weighted by molar-refractivity contribution is 5.23. The minimum atomic E-state index is -0.825. The Kier molecular flexibility index (Phi) is 2.57. The quantitative estimate of drug-likeness (QED) is 0.863. The number of oxazole rings is 1. The van der Waals surface area contributed by atoms with E-state index in [1.807, 2.05) is 6.92 Å². The molecule has 7 nitrogen and oxygen atoms in total. The molecule has 0 radical (unpaired) electrons. The molecule has 0 atom stereocenters. The van der Waals surface area contributed by atoms with Gasteiger partial charge in [0.25, 0.3) is 0 Å². The van der Waals surface area contributed by atoms with Crippen molar-refractivity contribution in [3.63, 3.8) is 0 Å². The number of nitrogens with zero attached hydrogens (tertiary/aromatic N) is 3. The number of rotatable bonds is 3. The number of anilines is 1. The van der Waals surface area contributed by atoms with Crippen LogP contribution in [0.2, 0.25) is 0 Å². The van der Waals surface area contributed by atoms with Crippen LogP contribution in [0.5, 0.6) is 0 Å². The van der Waals surface area contributed by atoms with Gasteiger partial charge in [0.1, 0.15) is 12.4 Å². The van der Waals surface area contributed by atoms with Gasteiger partial charge in [-0.3, -0.25) is 4.68 Å². The molecule has 0 bridgehead atoms. The maximum atomic E-state index is 5.62. The zero-order valence-electron chi connectivity index (χ0n) is 10.00. The molecule has 1 saturated heterocycles. The van der Waals surface area contributed by atoms with Gasteiger partial charge in [-0.1, -0.05) is 0 Å². The maximum Gasteiger partial charge on any atom is 0.227 e. The minimum absolute atomic E-state index is 0.424. The lowest BCUT2D eigenvalue weighted by Gasteiger charge is -2.18. The van der Waals surface area contributed by atoms with Crippen LogP contribution in [0, 0.1) is 0 Å². The van der Waals surface area contributed by atoms with E-state index < -0.39 is 5.79 Å². The van der Waals surface area contributed by atoms with Gasteiger partial charge in [0.15, 0.2) is 5.76 Å². The van der Waals surface area contributed by atoms with E-state index in [9.17, 15) is 0 Å². The Morgan fingerprint density at radius 2 is 2.22 bits per heavy atom. The van der Waals surface area contributed by atoms with Crippen molar-refractivity contribution in [1.29, 1.82) is 0 Å². The fraction of sp³-hybridized carbons (Fsp3) is 0.455. The Morgan fingerprint density at radius 1 is 1.44 bits per heavy atom. The van der Waals surface area contributed by atoms with E-state index in [1.165, 1.54) is 0 Å². The van der Waals surface area contributed by atoms with Crippen molar-refractivity contribution in [3.8, 4) is 0 Å². The van der Waals surface area contributed by atoms with Crippen LogP contribution in [0.4, 0.5) is 5.82 Å². The largest absolute Gasteiger partial charge is 0.438 e. The molecule has 1 fully saturated rings. The van der Waals surface area contributed by atoms with Gasteiger partial charge in [-0.25, -0.2) is 4.98 Å². The molecule has 2 aromatic rings. The van der Waals surface area contributed by atoms with Gasteiger partial charge in [-0.05, 0) is 13.0 Å². The van der Waals surface area contributed by atoms with Gasteiger partial charge in [0.05, 0.1) is 19.4 Å². The summed E-state index contributed by atoms with van der Waals surface area (Å²) in [6.07, 6.45) is 3.39. The number of nitrogen functional groups attached to an aromatic ring is 1. The Balaban J connectivity index is 1.77. The van der Waals surface area contributed by atoms with Crippen LogP contribution in [0.15, 0.2) is 22.9 Å². The van der Waals surface area contributed by atoms with Crippen molar-refractivity contribution >= 4 is 5.82 Å². The lowest BCUT2D eigenvalue weighted by Crippen LogP contribution is -2.21. The first-order valence-electron chi connectivity index (χ1n) is 5.68. The number of hydrogen-bond acceptors (Lipinski definition) is 6. The predicted octanol–water partition coefficient (Wildman–Crippen LogP) is 0.721. The molecule has 3 heterocycles. The average molecular weight is 250 g/mol. The molecule has 0 amide bonds. The molecular weight excluding hydrogens is 236 g/mol. The van der Waals surface area contributed by atoms with E-state index in [-0.39, 0.29) is 0 Å². The summed E-state index contributed by atoms with van der Waals surface area (Å²) in [5, 5.41) is 4.06. The molecular formula is C11H14N4O3. The Morgan fingerprint density at radius 3 is 2.89 bits per heavy atom. The van der Waals surface area contributed by atoms with E-state index >= 15 is 0 Å². The predicted molar refractivity (Wildman–Crippen MR) is 61.5 cm³/mol. The summed E-state index contributed by atoms with van der Waals surface area (Å²) in [7, 11) is 0. The van der Waals surface area contributed by atoms with Crippen molar-refractivity contribution in [2.45, 2.75) is 19.3 Å². The molecule has 18 heavy (non-hydrogen) atoms. The van der Waals surface area contributed by atoms with E-state index in [0.717, 1.165) is 0 Å². The number of aromatic nitrogens is 3. The second-order valence-electron chi connectivity index (χ2n) is 4.20. The molecule has 0 aromatic carbocycles. The molecule has 1 aliphatic heterocycles. The molecule has 0 saturated carbocycles. The van der Waals surface area contributed by atoms with Crippen molar-refractivity contribution < 1.29 is 13.9 Å². The summed E-state index contributed by atoms with van der Waals surface area (Å²) in [5.74, 6) is 0.744. The Hall–Kier alpha value is -1.86. The van der Waals surface area contributed by atoms with Crippen LogP contribution in [-0.2, 0) is 21.8 Å². The monoisotopic (exact) mass is 250 g/mol. The SMILES string of the molecule is CC1(c2cnc(Cn3ccc(N)n3)o2)OCCO1. The maximum absolute atomic E-state index is 5.62. The van der Waals surface area contributed by atoms with Crippen LogP contribution in [0.1, 0.15) is 18.6 Å². The lowest BCUT2D eigenvalue weighted by atomic mass is 10.3. The molecule has 2 aromatic heterocycles. The number of nitrogens with two attached hydrogens (primary N) is 1. The number of hydrogen-bond donors (Lipinski definition) is 1. The molecule has 0 unspecified atom stereocenters. The lowest BCUT2D eigenvalue weighted by molar-refractivity contribution is -0.163. The standard InChI is InChI=1S/C11H14N4O3/c1-11(16-4-5-17-11)8-6-13-10(18-8)7-15-3-2-9(12)14-15/h2-3,6H,4-5,7H2,1H3,(H2,12,14). The van der Waals surface area contributed by atoms with E-state index in [4.69, 9.17) is 19.6 Å². The van der Waals surface area contributed by atoms with E-state index in [0.29, 0.717) is 37.2 Å². The Labute approximate surface area is 103 Å². The molecule has 0 aliphatic carbocycles. The zero-order chi connectivity index (χ0) is 12.6. The third-order valence-corrected chi connectivity index (χ3v) is 2.80. The van der Waals surface area contributed by atoms with E-state index in [1.54, 1.807) is 23.1 Å². The normalized spacial score (nSPS) is 18.3. The summed E-state index contributed by atoms with van der Waals surface area (Å²) >= 11 is 0. The summed E-state index contributed by atoms with van der Waals surface area (Å²) in [6, 6.07) is 1.72. The van der Waals surface area contributed by atoms with Gasteiger partial charge < -0.3 is 19.6 Å². The fourth-order valence-electron chi connectivity index (χ4n) is 1.85. The first kappa shape index (κ1) is 11.2. The highest BCUT2D eigenvalue weighted by Gasteiger charge is 2.37. The number of ether oxygens (including phenoxy) is 2. The highest BCUT2D eigenvalue weighted by atomic mass is 16.7. The van der Waals surface area contributed by atoms with Gasteiger partial charge in [0.2, 0.25) is 11.7 Å². The summed E-state index contributed by atoms with van der Waals surface area (Å²) in [4.78, 5) is 4.18. The van der Waals surface area contributed by atoms with Crippen molar-refractivity contribution in [2.75, 3.05) is 18.9 Å². The molecule has 1 aliphatic rings. The average Bonchev–Trinajstić information content (AvgIpc) is 3.02. The van der Waals surface area contributed by atoms with Crippen molar-refractivity contribution in [2.24, 2.45) is 0 Å². The second-order valence-corrected chi connectivity index (χ2v) is 4.20. The third kappa shape index (κ3) is 1.98. The van der Waals surface area contributed by atoms with Crippen LogP contribution in [0.25, 0.3) is 0 Å². The van der Waals surface area contributed by atoms with Crippen LogP contribution < -0.4 is 5.73 Å². The van der Waals surface area contributed by atoms with Gasteiger partial charge in [-0.2, -0.15) is 5.10 Å². The van der Waals surface area contributed by atoms with E-state index in [2.05, 4.69) is 10.1 Å².